The Balaban J connectivity index is 1.58. The van der Waals surface area contributed by atoms with E-state index in [1.807, 2.05) is 6.07 Å². The molecule has 1 saturated carbocycles. The SMILES string of the molecule is Fc1ccccc1-c1cnnc(N2CC[C@@H]3CCCC[C@H]3C2)n1. The quantitative estimate of drug-likeness (QED) is 0.848. The van der Waals surface area contributed by atoms with Crippen LogP contribution < -0.4 is 4.90 Å². The van der Waals surface area contributed by atoms with Crippen molar-refractivity contribution in [2.24, 2.45) is 11.8 Å². The molecule has 0 radical (unpaired) electrons. The molecule has 2 aromatic rings. The van der Waals surface area contributed by atoms with Gasteiger partial charge in [-0.1, -0.05) is 31.4 Å². The number of aromatic nitrogens is 3. The molecule has 2 fully saturated rings. The molecule has 4 nitrogen and oxygen atoms in total. The maximum absolute atomic E-state index is 14.0. The van der Waals surface area contributed by atoms with E-state index >= 15 is 0 Å². The van der Waals surface area contributed by atoms with E-state index in [0.717, 1.165) is 24.9 Å². The van der Waals surface area contributed by atoms with E-state index in [9.17, 15) is 4.39 Å². The van der Waals surface area contributed by atoms with E-state index in [2.05, 4.69) is 20.1 Å². The first-order chi connectivity index (χ1) is 11.3. The fourth-order valence-electron chi connectivity index (χ4n) is 4.01. The maximum Gasteiger partial charge on any atom is 0.245 e. The number of anilines is 1. The standard InChI is InChI=1S/C18H21FN4/c19-16-8-4-3-7-15(16)17-11-20-22-18(21-17)23-10-9-13-5-1-2-6-14(13)12-23/h3-4,7-8,11,13-14H,1-2,5-6,9-10,12H2/t13-,14-/m0/s1. The third-order valence-electron chi connectivity index (χ3n) is 5.27. The van der Waals surface area contributed by atoms with Crippen LogP contribution >= 0.6 is 0 Å². The summed E-state index contributed by atoms with van der Waals surface area (Å²) in [4.78, 5) is 6.80. The molecule has 1 aromatic carbocycles. The fraction of sp³-hybridized carbons (Fsp3) is 0.500. The summed E-state index contributed by atoms with van der Waals surface area (Å²) in [5.41, 5.74) is 1.04. The van der Waals surface area contributed by atoms with Crippen LogP contribution in [0.5, 0.6) is 0 Å². The summed E-state index contributed by atoms with van der Waals surface area (Å²) < 4.78 is 14.0. The van der Waals surface area contributed by atoms with Crippen LogP contribution in [0.1, 0.15) is 32.1 Å². The second-order valence-electron chi connectivity index (χ2n) is 6.66. The molecule has 0 amide bonds. The van der Waals surface area contributed by atoms with Gasteiger partial charge in [0.2, 0.25) is 5.95 Å². The van der Waals surface area contributed by atoms with Gasteiger partial charge in [0, 0.05) is 18.7 Å². The third-order valence-corrected chi connectivity index (χ3v) is 5.27. The van der Waals surface area contributed by atoms with Crippen molar-refractivity contribution >= 4 is 5.95 Å². The molecule has 120 valence electrons. The average molecular weight is 312 g/mol. The van der Waals surface area contributed by atoms with Gasteiger partial charge in [0.1, 0.15) is 5.82 Å². The number of rotatable bonds is 2. The maximum atomic E-state index is 14.0. The summed E-state index contributed by atoms with van der Waals surface area (Å²) in [7, 11) is 0. The van der Waals surface area contributed by atoms with Crippen molar-refractivity contribution in [1.82, 2.24) is 15.2 Å². The van der Waals surface area contributed by atoms with Gasteiger partial charge in [0.25, 0.3) is 0 Å². The average Bonchev–Trinajstić information content (AvgIpc) is 2.62. The lowest BCUT2D eigenvalue weighted by Gasteiger charge is -2.41. The van der Waals surface area contributed by atoms with Gasteiger partial charge in [-0.3, -0.25) is 0 Å². The molecule has 0 N–H and O–H groups in total. The Morgan fingerprint density at radius 3 is 2.74 bits per heavy atom. The zero-order valence-corrected chi connectivity index (χ0v) is 13.2. The van der Waals surface area contributed by atoms with E-state index in [1.54, 1.807) is 12.1 Å². The Labute approximate surface area is 135 Å². The zero-order valence-electron chi connectivity index (χ0n) is 13.2. The van der Waals surface area contributed by atoms with Gasteiger partial charge in [0.05, 0.1) is 11.9 Å². The van der Waals surface area contributed by atoms with E-state index in [0.29, 0.717) is 17.2 Å². The van der Waals surface area contributed by atoms with E-state index in [1.165, 1.54) is 44.4 Å². The summed E-state index contributed by atoms with van der Waals surface area (Å²) in [6.45, 7) is 1.98. The largest absolute Gasteiger partial charge is 0.339 e. The van der Waals surface area contributed by atoms with Crippen LogP contribution in [0.4, 0.5) is 10.3 Å². The third kappa shape index (κ3) is 2.92. The van der Waals surface area contributed by atoms with Gasteiger partial charge in [-0.05, 0) is 36.8 Å². The number of benzene rings is 1. The summed E-state index contributed by atoms with van der Waals surface area (Å²) in [5, 5.41) is 8.26. The van der Waals surface area contributed by atoms with Gasteiger partial charge in [-0.25, -0.2) is 9.37 Å². The minimum absolute atomic E-state index is 0.273. The van der Waals surface area contributed by atoms with Crippen LogP contribution in [0, 0.1) is 17.7 Å². The molecule has 5 heteroatoms. The molecule has 1 aliphatic carbocycles. The highest BCUT2D eigenvalue weighted by molar-refractivity contribution is 5.59. The highest BCUT2D eigenvalue weighted by atomic mass is 19.1. The lowest BCUT2D eigenvalue weighted by molar-refractivity contribution is 0.201. The molecule has 2 atom stereocenters. The molecule has 1 saturated heterocycles. The van der Waals surface area contributed by atoms with Crippen molar-refractivity contribution in [3.8, 4) is 11.3 Å². The van der Waals surface area contributed by atoms with Gasteiger partial charge in [-0.2, -0.15) is 5.10 Å². The predicted octanol–water partition coefficient (Wildman–Crippen LogP) is 3.69. The molecule has 23 heavy (non-hydrogen) atoms. The molecule has 1 aromatic heterocycles. The Bertz CT molecular complexity index is 690. The Hall–Kier alpha value is -2.04. The van der Waals surface area contributed by atoms with Crippen molar-refractivity contribution in [3.63, 3.8) is 0 Å². The summed E-state index contributed by atoms with van der Waals surface area (Å²) in [6.07, 6.45) is 8.13. The van der Waals surface area contributed by atoms with Gasteiger partial charge in [-0.15, -0.1) is 5.10 Å². The topological polar surface area (TPSA) is 41.9 Å². The Kier molecular flexibility index (Phi) is 3.93. The van der Waals surface area contributed by atoms with Crippen LogP contribution in [0.3, 0.4) is 0 Å². The van der Waals surface area contributed by atoms with Gasteiger partial charge < -0.3 is 4.90 Å². The van der Waals surface area contributed by atoms with E-state index < -0.39 is 0 Å². The normalized spacial score (nSPS) is 24.3. The Morgan fingerprint density at radius 1 is 1.04 bits per heavy atom. The van der Waals surface area contributed by atoms with Crippen LogP contribution in [0.15, 0.2) is 30.5 Å². The zero-order chi connectivity index (χ0) is 15.6. The van der Waals surface area contributed by atoms with Gasteiger partial charge in [0.15, 0.2) is 0 Å². The number of piperidine rings is 1. The number of fused-ring (bicyclic) bond motifs is 1. The lowest BCUT2D eigenvalue weighted by atomic mass is 9.75. The first-order valence-corrected chi connectivity index (χ1v) is 8.51. The fourth-order valence-corrected chi connectivity index (χ4v) is 4.01. The molecule has 0 bridgehead atoms. The smallest absolute Gasteiger partial charge is 0.245 e. The first-order valence-electron chi connectivity index (χ1n) is 8.51. The van der Waals surface area contributed by atoms with Crippen LogP contribution in [-0.4, -0.2) is 28.3 Å². The molecule has 0 spiro atoms. The summed E-state index contributed by atoms with van der Waals surface area (Å²) in [6, 6.07) is 6.68. The molecule has 4 rings (SSSR count). The first kappa shape index (κ1) is 14.5. The van der Waals surface area contributed by atoms with Crippen molar-refractivity contribution in [1.29, 1.82) is 0 Å². The Morgan fingerprint density at radius 2 is 1.87 bits per heavy atom. The van der Waals surface area contributed by atoms with Gasteiger partial charge >= 0.3 is 0 Å². The predicted molar refractivity (Wildman–Crippen MR) is 87.5 cm³/mol. The second-order valence-corrected chi connectivity index (χ2v) is 6.66. The number of halogens is 1. The van der Waals surface area contributed by atoms with Crippen molar-refractivity contribution in [2.75, 3.05) is 18.0 Å². The highest BCUT2D eigenvalue weighted by Crippen LogP contribution is 2.37. The van der Waals surface area contributed by atoms with Crippen LogP contribution in [-0.2, 0) is 0 Å². The highest BCUT2D eigenvalue weighted by Gasteiger charge is 2.32. The monoisotopic (exact) mass is 312 g/mol. The molecular weight excluding hydrogens is 291 g/mol. The summed E-state index contributed by atoms with van der Waals surface area (Å²) in [5.74, 6) is 1.97. The molecule has 2 heterocycles. The number of hydrogen-bond donors (Lipinski definition) is 0. The van der Waals surface area contributed by atoms with Crippen molar-refractivity contribution in [2.45, 2.75) is 32.1 Å². The minimum Gasteiger partial charge on any atom is -0.339 e. The summed E-state index contributed by atoms with van der Waals surface area (Å²) >= 11 is 0. The van der Waals surface area contributed by atoms with E-state index in [4.69, 9.17) is 0 Å². The molecular formula is C18H21FN4. The molecule has 1 aliphatic heterocycles. The molecule has 0 unspecified atom stereocenters. The van der Waals surface area contributed by atoms with Crippen molar-refractivity contribution < 1.29 is 4.39 Å². The number of nitrogens with zero attached hydrogens (tertiary/aromatic N) is 4. The van der Waals surface area contributed by atoms with Crippen LogP contribution in [0.2, 0.25) is 0 Å². The second kappa shape index (κ2) is 6.22. The van der Waals surface area contributed by atoms with E-state index in [-0.39, 0.29) is 5.82 Å². The lowest BCUT2D eigenvalue weighted by Crippen LogP contribution is -2.42. The van der Waals surface area contributed by atoms with Crippen LogP contribution in [0.25, 0.3) is 11.3 Å². The minimum atomic E-state index is -0.273. The molecule has 2 aliphatic rings. The van der Waals surface area contributed by atoms with Crippen molar-refractivity contribution in [3.05, 3.63) is 36.3 Å². The number of hydrogen-bond acceptors (Lipinski definition) is 4.